The van der Waals surface area contributed by atoms with Crippen molar-refractivity contribution in [1.82, 2.24) is 0 Å². The first-order chi connectivity index (χ1) is 39.6. The smallest absolute Gasteiger partial charge is 0.462 e. The zero-order valence-electron chi connectivity index (χ0n) is 53.8. The molecule has 83 heavy (non-hydrogen) atoms. The predicted molar refractivity (Wildman–Crippen MR) is 331 cm³/mol. The minimum atomic E-state index is -4.95. The van der Waals surface area contributed by atoms with Crippen molar-refractivity contribution >= 4 is 39.5 Å². The second-order valence-corrected chi connectivity index (χ2v) is 27.7. The monoisotopic (exact) mass is 1230 g/mol. The van der Waals surface area contributed by atoms with E-state index in [0.29, 0.717) is 31.6 Å². The molecule has 492 valence electrons. The van der Waals surface area contributed by atoms with E-state index >= 15 is 0 Å². The highest BCUT2D eigenvalue weighted by molar-refractivity contribution is 7.47. The SMILES string of the molecule is CCC(C)CCCCCCCCC(=O)OC[C@H](COP(=O)(O)OC[C@H](O)COP(=O)(O)OC[C@@H](COC(=O)CCCCCCCCCCCC(C)C)OC(=O)CCCCCCCCCCC(C)C)OC(=O)CCCCCCCCCC(C)C. The number of hydrogen-bond donors (Lipinski definition) is 3. The summed E-state index contributed by atoms with van der Waals surface area (Å²) >= 11 is 0. The molecule has 3 unspecified atom stereocenters. The van der Waals surface area contributed by atoms with Crippen molar-refractivity contribution in [2.75, 3.05) is 39.6 Å². The highest BCUT2D eigenvalue weighted by atomic mass is 31.2. The minimum absolute atomic E-state index is 0.102. The average molecular weight is 1230 g/mol. The fraction of sp³-hybridized carbons (Fsp3) is 0.938. The van der Waals surface area contributed by atoms with Gasteiger partial charge in [0.25, 0.3) is 0 Å². The van der Waals surface area contributed by atoms with Crippen molar-refractivity contribution in [3.05, 3.63) is 0 Å². The van der Waals surface area contributed by atoms with E-state index in [9.17, 15) is 43.2 Å². The lowest BCUT2D eigenvalue weighted by atomic mass is 10.00. The molecule has 0 radical (unpaired) electrons. The number of carbonyl (C=O) groups excluding carboxylic acids is 4. The first-order valence-electron chi connectivity index (χ1n) is 33.2. The topological polar surface area (TPSA) is 237 Å². The largest absolute Gasteiger partial charge is 0.472 e. The van der Waals surface area contributed by atoms with E-state index in [1.807, 2.05) is 0 Å². The summed E-state index contributed by atoms with van der Waals surface area (Å²) in [7, 11) is -9.89. The molecule has 3 N–H and O–H groups in total. The summed E-state index contributed by atoms with van der Waals surface area (Å²) in [5.41, 5.74) is 0. The molecule has 0 fully saturated rings. The van der Waals surface area contributed by atoms with Gasteiger partial charge in [-0.15, -0.1) is 0 Å². The number of phosphoric ester groups is 2. The van der Waals surface area contributed by atoms with E-state index in [1.54, 1.807) is 0 Å². The van der Waals surface area contributed by atoms with Gasteiger partial charge in [-0.1, -0.05) is 254 Å². The lowest BCUT2D eigenvalue weighted by molar-refractivity contribution is -0.161. The van der Waals surface area contributed by atoms with Crippen molar-refractivity contribution in [2.45, 2.75) is 324 Å². The van der Waals surface area contributed by atoms with Crippen LogP contribution < -0.4 is 0 Å². The molecule has 0 spiro atoms. The summed E-state index contributed by atoms with van der Waals surface area (Å²) < 4.78 is 68.0. The van der Waals surface area contributed by atoms with Gasteiger partial charge in [0.1, 0.15) is 19.3 Å². The van der Waals surface area contributed by atoms with Crippen LogP contribution in [0.3, 0.4) is 0 Å². The van der Waals surface area contributed by atoms with Gasteiger partial charge in [0.2, 0.25) is 0 Å². The Morgan fingerprint density at radius 1 is 0.337 bits per heavy atom. The summed E-state index contributed by atoms with van der Waals surface area (Å²) in [6, 6.07) is 0. The zero-order valence-corrected chi connectivity index (χ0v) is 55.6. The van der Waals surface area contributed by atoms with Gasteiger partial charge in [-0.2, -0.15) is 0 Å². The van der Waals surface area contributed by atoms with Gasteiger partial charge < -0.3 is 33.8 Å². The number of aliphatic hydroxyl groups is 1. The number of hydrogen-bond acceptors (Lipinski definition) is 15. The normalized spacial score (nSPS) is 14.8. The Balaban J connectivity index is 5.26. The van der Waals surface area contributed by atoms with Gasteiger partial charge in [0.15, 0.2) is 12.2 Å². The molecule has 0 aliphatic rings. The van der Waals surface area contributed by atoms with Gasteiger partial charge >= 0.3 is 39.5 Å². The van der Waals surface area contributed by atoms with E-state index in [0.717, 1.165) is 114 Å². The Labute approximate surface area is 505 Å². The van der Waals surface area contributed by atoms with Crippen LogP contribution >= 0.6 is 15.6 Å². The van der Waals surface area contributed by atoms with E-state index in [4.69, 9.17) is 37.0 Å². The molecule has 0 aromatic heterocycles. The zero-order chi connectivity index (χ0) is 61.8. The van der Waals surface area contributed by atoms with Crippen molar-refractivity contribution in [3.63, 3.8) is 0 Å². The first kappa shape index (κ1) is 81.1. The number of esters is 4. The average Bonchev–Trinajstić information content (AvgIpc) is 3.44. The van der Waals surface area contributed by atoms with Crippen LogP contribution in [0.2, 0.25) is 0 Å². The van der Waals surface area contributed by atoms with E-state index in [1.165, 1.54) is 103 Å². The molecular formula is C64H124O17P2. The van der Waals surface area contributed by atoms with Crippen LogP contribution in [0, 0.1) is 23.7 Å². The third-order valence-corrected chi connectivity index (χ3v) is 16.8. The molecule has 0 heterocycles. The molecular weight excluding hydrogens is 1100 g/mol. The van der Waals surface area contributed by atoms with Crippen LogP contribution in [0.1, 0.15) is 306 Å². The summed E-state index contributed by atoms with van der Waals surface area (Å²) in [6.45, 7) is 13.9. The van der Waals surface area contributed by atoms with Crippen LogP contribution in [-0.2, 0) is 65.4 Å². The second-order valence-electron chi connectivity index (χ2n) is 24.8. The molecule has 0 bridgehead atoms. The van der Waals surface area contributed by atoms with Crippen molar-refractivity contribution in [3.8, 4) is 0 Å². The number of unbranched alkanes of at least 4 members (excludes halogenated alkanes) is 26. The maximum absolute atomic E-state index is 13.0. The second kappa shape index (κ2) is 54.2. The Morgan fingerprint density at radius 3 is 0.855 bits per heavy atom. The maximum atomic E-state index is 13.0. The maximum Gasteiger partial charge on any atom is 0.472 e. The number of rotatable bonds is 61. The molecule has 0 saturated heterocycles. The lowest BCUT2D eigenvalue weighted by Crippen LogP contribution is -2.30. The minimum Gasteiger partial charge on any atom is -0.462 e. The Hall–Kier alpha value is -1.94. The molecule has 0 saturated carbocycles. The quantitative estimate of drug-likeness (QED) is 0.0222. The molecule has 0 aromatic rings. The highest BCUT2D eigenvalue weighted by Gasteiger charge is 2.30. The molecule has 17 nitrogen and oxygen atoms in total. The molecule has 0 aromatic carbocycles. The van der Waals surface area contributed by atoms with Crippen LogP contribution in [0.4, 0.5) is 0 Å². The summed E-state index contributed by atoms with van der Waals surface area (Å²) in [4.78, 5) is 72.2. The van der Waals surface area contributed by atoms with Crippen molar-refractivity contribution in [1.29, 1.82) is 0 Å². The lowest BCUT2D eigenvalue weighted by Gasteiger charge is -2.21. The Morgan fingerprint density at radius 2 is 0.578 bits per heavy atom. The van der Waals surface area contributed by atoms with Crippen molar-refractivity contribution < 1.29 is 80.2 Å². The summed E-state index contributed by atoms with van der Waals surface area (Å²) in [6.07, 6.45) is 33.6. The van der Waals surface area contributed by atoms with Crippen LogP contribution in [0.15, 0.2) is 0 Å². The van der Waals surface area contributed by atoms with Crippen LogP contribution in [0.25, 0.3) is 0 Å². The predicted octanol–water partition coefficient (Wildman–Crippen LogP) is 17.4. The van der Waals surface area contributed by atoms with Gasteiger partial charge in [-0.05, 0) is 49.4 Å². The van der Waals surface area contributed by atoms with Gasteiger partial charge in [0.05, 0.1) is 26.4 Å². The fourth-order valence-corrected chi connectivity index (χ4v) is 11.0. The van der Waals surface area contributed by atoms with Gasteiger partial charge in [-0.3, -0.25) is 37.3 Å². The number of ether oxygens (including phenoxy) is 4. The highest BCUT2D eigenvalue weighted by Crippen LogP contribution is 2.45. The molecule has 0 amide bonds. The fourth-order valence-electron chi connectivity index (χ4n) is 9.40. The summed E-state index contributed by atoms with van der Waals surface area (Å²) in [5, 5.41) is 10.5. The molecule has 6 atom stereocenters. The number of carbonyl (C=O) groups is 4. The Bertz CT molecular complexity index is 1660. The molecule has 19 heteroatoms. The Kier molecular flexibility index (Phi) is 53.0. The van der Waals surface area contributed by atoms with Crippen LogP contribution in [0.5, 0.6) is 0 Å². The summed E-state index contributed by atoms with van der Waals surface area (Å²) in [5.74, 6) is 0.746. The van der Waals surface area contributed by atoms with Crippen LogP contribution in [-0.4, -0.2) is 96.7 Å². The van der Waals surface area contributed by atoms with E-state index in [-0.39, 0.29) is 25.7 Å². The van der Waals surface area contributed by atoms with E-state index < -0.39 is 97.5 Å². The third-order valence-electron chi connectivity index (χ3n) is 14.9. The van der Waals surface area contributed by atoms with E-state index in [2.05, 4.69) is 55.4 Å². The molecule has 0 aliphatic heterocycles. The standard InChI is InChI=1S/C64H124O17P2/c1-9-57(8)43-35-27-22-23-29-37-45-62(67)75-51-60(81-64(69)47-39-31-21-15-18-26-34-42-56(6)7)53-79-83(72,73)77-49-58(65)48-76-82(70,71)78-52-59(80-63(68)46-38-30-20-14-13-17-25-33-41-55(4)5)50-74-61(66)44-36-28-19-12-10-11-16-24-32-40-54(2)3/h54-60,65H,9-53H2,1-8H3,(H,70,71)(H,72,73)/t57?,58-,59-,60-/m1/s1. The van der Waals surface area contributed by atoms with Gasteiger partial charge in [-0.25, -0.2) is 9.13 Å². The number of phosphoric acid groups is 2. The third kappa shape index (κ3) is 57.6. The molecule has 0 rings (SSSR count). The van der Waals surface area contributed by atoms with Gasteiger partial charge in [0, 0.05) is 25.7 Å². The number of aliphatic hydroxyl groups excluding tert-OH is 1. The first-order valence-corrected chi connectivity index (χ1v) is 36.2. The van der Waals surface area contributed by atoms with Crippen molar-refractivity contribution in [2.24, 2.45) is 23.7 Å². The molecule has 0 aliphatic carbocycles.